The molecule has 0 atom stereocenters. The zero-order chi connectivity index (χ0) is 19.6. The van der Waals surface area contributed by atoms with Gasteiger partial charge < -0.3 is 0 Å². The topological polar surface area (TPSA) is 66.8 Å². The van der Waals surface area contributed by atoms with Crippen LogP contribution in [0.5, 0.6) is 0 Å². The number of hydrogen-bond donors (Lipinski definition) is 0. The molecule has 1 amide bonds. The Balaban J connectivity index is 1.95. The molecule has 27 heavy (non-hydrogen) atoms. The number of hydrogen-bond acceptors (Lipinski definition) is 4. The molecular weight excluding hydrogens is 448 g/mol. The highest BCUT2D eigenvalue weighted by Gasteiger charge is 2.34. The lowest BCUT2D eigenvalue weighted by Crippen LogP contribution is -2.29. The third-order valence-corrected chi connectivity index (χ3v) is 6.82. The highest BCUT2D eigenvalue weighted by molar-refractivity contribution is 9.10. The van der Waals surface area contributed by atoms with Gasteiger partial charge in [-0.15, -0.1) is 4.40 Å². The molecule has 0 aromatic heterocycles. The summed E-state index contributed by atoms with van der Waals surface area (Å²) in [7, 11) is -3.89. The Hall–Kier alpha value is -1.90. The minimum atomic E-state index is -3.89. The van der Waals surface area contributed by atoms with Gasteiger partial charge >= 0.3 is 0 Å². The van der Waals surface area contributed by atoms with Crippen LogP contribution in [0.3, 0.4) is 0 Å². The largest absolute Gasteiger partial charge is 0.286 e. The molecule has 0 bridgehead atoms. The van der Waals surface area contributed by atoms with Crippen LogP contribution in [-0.4, -0.2) is 30.9 Å². The number of rotatable bonds is 4. The highest BCUT2D eigenvalue weighted by atomic mass is 79.9. The third kappa shape index (κ3) is 4.51. The van der Waals surface area contributed by atoms with Crippen LogP contribution in [-0.2, 0) is 14.8 Å². The molecule has 1 aliphatic rings. The maximum absolute atomic E-state index is 12.6. The van der Waals surface area contributed by atoms with Gasteiger partial charge in [0.15, 0.2) is 5.17 Å². The van der Waals surface area contributed by atoms with Crippen molar-refractivity contribution in [3.63, 3.8) is 0 Å². The summed E-state index contributed by atoms with van der Waals surface area (Å²) in [5.74, 6) is -0.247. The minimum Gasteiger partial charge on any atom is -0.286 e. The Bertz CT molecular complexity index is 1030. The Morgan fingerprint density at radius 3 is 2.33 bits per heavy atom. The van der Waals surface area contributed by atoms with Gasteiger partial charge in [-0.1, -0.05) is 45.8 Å². The lowest BCUT2D eigenvalue weighted by Gasteiger charge is -2.11. The quantitative estimate of drug-likeness (QED) is 0.627. The summed E-state index contributed by atoms with van der Waals surface area (Å²) in [6, 6.07) is 14.0. The second kappa shape index (κ2) is 8.00. The molecule has 3 rings (SSSR count). The van der Waals surface area contributed by atoms with E-state index < -0.39 is 10.0 Å². The first-order chi connectivity index (χ1) is 12.8. The number of sulfonamides is 1. The van der Waals surface area contributed by atoms with Crippen molar-refractivity contribution in [2.75, 3.05) is 6.54 Å². The van der Waals surface area contributed by atoms with Gasteiger partial charge in [0.25, 0.3) is 15.9 Å². The third-order valence-electron chi connectivity index (χ3n) is 3.89. The standard InChI is InChI=1S/C19H17BrN2O3S2/c1-3-22-18(23)17(12-14-6-8-15(20)9-7-14)26-19(22)21-27(24,25)16-10-4-13(2)5-11-16/h4-12H,3H2,1-2H3. The van der Waals surface area contributed by atoms with Gasteiger partial charge in [0.1, 0.15) is 0 Å². The van der Waals surface area contributed by atoms with Crippen LogP contribution >= 0.6 is 27.7 Å². The molecule has 1 heterocycles. The number of nitrogens with zero attached hydrogens (tertiary/aromatic N) is 2. The maximum atomic E-state index is 12.6. The Kier molecular flexibility index (Phi) is 5.88. The zero-order valence-corrected chi connectivity index (χ0v) is 17.9. The van der Waals surface area contributed by atoms with Crippen LogP contribution in [0.1, 0.15) is 18.1 Å². The summed E-state index contributed by atoms with van der Waals surface area (Å²) in [5, 5.41) is 0.173. The van der Waals surface area contributed by atoms with Crippen molar-refractivity contribution in [2.24, 2.45) is 4.40 Å². The second-order valence-corrected chi connectivity index (χ2v) is 9.40. The normalized spacial score (nSPS) is 17.9. The Morgan fingerprint density at radius 1 is 1.11 bits per heavy atom. The average molecular weight is 465 g/mol. The number of amidine groups is 1. The fraction of sp³-hybridized carbons (Fsp3) is 0.158. The number of aryl methyl sites for hydroxylation is 1. The molecule has 140 valence electrons. The SMILES string of the molecule is CCN1C(=O)C(=Cc2ccc(Br)cc2)SC1=NS(=O)(=O)c1ccc(C)cc1. The van der Waals surface area contributed by atoms with Crippen LogP contribution in [0.2, 0.25) is 0 Å². The summed E-state index contributed by atoms with van der Waals surface area (Å²) < 4.78 is 30.1. The van der Waals surface area contributed by atoms with Gasteiger partial charge in [0.05, 0.1) is 9.80 Å². The zero-order valence-electron chi connectivity index (χ0n) is 14.7. The van der Waals surface area contributed by atoms with E-state index in [1.165, 1.54) is 17.0 Å². The molecule has 0 aliphatic carbocycles. The molecule has 5 nitrogen and oxygen atoms in total. The molecule has 2 aromatic carbocycles. The van der Waals surface area contributed by atoms with Gasteiger partial charge in [-0.25, -0.2) is 0 Å². The molecule has 8 heteroatoms. The molecule has 0 spiro atoms. The summed E-state index contributed by atoms with van der Waals surface area (Å²) in [4.78, 5) is 14.6. The number of benzene rings is 2. The molecule has 0 saturated carbocycles. The fourth-order valence-corrected chi connectivity index (χ4v) is 4.94. The second-order valence-electron chi connectivity index (χ2n) is 5.87. The lowest BCUT2D eigenvalue weighted by molar-refractivity contribution is -0.122. The predicted molar refractivity (Wildman–Crippen MR) is 113 cm³/mol. The molecule has 1 saturated heterocycles. The Labute approximate surface area is 171 Å². The van der Waals surface area contributed by atoms with Crippen LogP contribution in [0.25, 0.3) is 6.08 Å². The number of likely N-dealkylation sites (N-methyl/N-ethyl adjacent to an activating group) is 1. The van der Waals surface area contributed by atoms with Crippen LogP contribution < -0.4 is 0 Å². The minimum absolute atomic E-state index is 0.107. The molecule has 0 unspecified atom stereocenters. The molecule has 0 N–H and O–H groups in total. The van der Waals surface area contributed by atoms with Crippen molar-refractivity contribution in [1.82, 2.24) is 4.90 Å². The highest BCUT2D eigenvalue weighted by Crippen LogP contribution is 2.33. The van der Waals surface area contributed by atoms with Gasteiger partial charge in [-0.05, 0) is 61.5 Å². The van der Waals surface area contributed by atoms with E-state index in [1.54, 1.807) is 25.1 Å². The van der Waals surface area contributed by atoms with E-state index >= 15 is 0 Å². The first-order valence-corrected chi connectivity index (χ1v) is 11.2. The first-order valence-electron chi connectivity index (χ1n) is 8.19. The molecule has 1 aliphatic heterocycles. The van der Waals surface area contributed by atoms with E-state index in [9.17, 15) is 13.2 Å². The maximum Gasteiger partial charge on any atom is 0.284 e. The van der Waals surface area contributed by atoms with E-state index in [1.807, 2.05) is 31.2 Å². The average Bonchev–Trinajstić information content (AvgIpc) is 2.91. The van der Waals surface area contributed by atoms with Crippen LogP contribution in [0.4, 0.5) is 0 Å². The van der Waals surface area contributed by atoms with E-state index in [2.05, 4.69) is 20.3 Å². The smallest absolute Gasteiger partial charge is 0.284 e. The molecule has 0 radical (unpaired) electrons. The number of halogens is 1. The van der Waals surface area contributed by atoms with Crippen molar-refractivity contribution < 1.29 is 13.2 Å². The van der Waals surface area contributed by atoms with Crippen molar-refractivity contribution in [3.05, 3.63) is 69.0 Å². The summed E-state index contributed by atoms with van der Waals surface area (Å²) in [5.41, 5.74) is 1.81. The molecule has 1 fully saturated rings. The Morgan fingerprint density at radius 2 is 1.74 bits per heavy atom. The number of thioether (sulfide) groups is 1. The summed E-state index contributed by atoms with van der Waals surface area (Å²) in [6.45, 7) is 4.01. The van der Waals surface area contributed by atoms with Crippen molar-refractivity contribution >= 4 is 54.9 Å². The predicted octanol–water partition coefficient (Wildman–Crippen LogP) is 4.44. The monoisotopic (exact) mass is 464 g/mol. The van der Waals surface area contributed by atoms with Crippen molar-refractivity contribution in [3.8, 4) is 0 Å². The van der Waals surface area contributed by atoms with Crippen LogP contribution in [0.15, 0.2) is 67.2 Å². The van der Waals surface area contributed by atoms with E-state index in [-0.39, 0.29) is 16.0 Å². The summed E-state index contributed by atoms with van der Waals surface area (Å²) >= 11 is 4.44. The number of amides is 1. The van der Waals surface area contributed by atoms with Crippen LogP contribution in [0, 0.1) is 6.92 Å². The van der Waals surface area contributed by atoms with Crippen molar-refractivity contribution in [2.45, 2.75) is 18.7 Å². The summed E-state index contributed by atoms with van der Waals surface area (Å²) in [6.07, 6.45) is 1.74. The fourth-order valence-electron chi connectivity index (χ4n) is 2.43. The van der Waals surface area contributed by atoms with Gasteiger partial charge in [0, 0.05) is 11.0 Å². The van der Waals surface area contributed by atoms with E-state index in [4.69, 9.17) is 0 Å². The number of carbonyl (C=O) groups excluding carboxylic acids is 1. The van der Waals surface area contributed by atoms with Gasteiger partial charge in [-0.3, -0.25) is 9.69 Å². The molecule has 2 aromatic rings. The molecular formula is C19H17BrN2O3S2. The van der Waals surface area contributed by atoms with E-state index in [0.29, 0.717) is 11.4 Å². The lowest BCUT2D eigenvalue weighted by atomic mass is 10.2. The van der Waals surface area contributed by atoms with Gasteiger partial charge in [0.2, 0.25) is 0 Å². The van der Waals surface area contributed by atoms with E-state index in [0.717, 1.165) is 27.4 Å². The van der Waals surface area contributed by atoms with Gasteiger partial charge in [-0.2, -0.15) is 8.42 Å². The number of carbonyl (C=O) groups is 1. The van der Waals surface area contributed by atoms with Crippen molar-refractivity contribution in [1.29, 1.82) is 0 Å². The first kappa shape index (κ1) is 19.9.